The zero-order valence-corrected chi connectivity index (χ0v) is 17.5. The number of benzene rings is 2. The highest BCUT2D eigenvalue weighted by Gasteiger charge is 2.37. The normalized spacial score (nSPS) is 10.8. The van der Waals surface area contributed by atoms with Gasteiger partial charge in [-0.2, -0.15) is 4.57 Å². The molecule has 0 saturated heterocycles. The highest BCUT2D eigenvalue weighted by atomic mass is 19.5. The van der Waals surface area contributed by atoms with Gasteiger partial charge in [0.25, 0.3) is 22.7 Å². The summed E-state index contributed by atoms with van der Waals surface area (Å²) in [7, 11) is -6.00. The van der Waals surface area contributed by atoms with Gasteiger partial charge in [0.15, 0.2) is 12.4 Å². The Hall–Kier alpha value is -5.03. The first-order chi connectivity index (χ1) is 16.7. The summed E-state index contributed by atoms with van der Waals surface area (Å²) in [5.41, 5.74) is -2.42. The van der Waals surface area contributed by atoms with Crippen LogP contribution in [0.2, 0.25) is 0 Å². The van der Waals surface area contributed by atoms with E-state index < -0.39 is 55.7 Å². The number of aromatic nitrogens is 1. The molecule has 3 aromatic rings. The van der Waals surface area contributed by atoms with Crippen molar-refractivity contribution in [1.29, 1.82) is 0 Å². The molecule has 36 heavy (non-hydrogen) atoms. The van der Waals surface area contributed by atoms with E-state index in [0.717, 1.165) is 36.4 Å². The predicted octanol–water partition coefficient (Wildman–Crippen LogP) is 4.54. The van der Waals surface area contributed by atoms with Gasteiger partial charge >= 0.3 is 7.25 Å². The molecular formula is C18H12BF4N5O8. The van der Waals surface area contributed by atoms with E-state index in [1.54, 1.807) is 18.2 Å². The van der Waals surface area contributed by atoms with Crippen LogP contribution in [0.3, 0.4) is 0 Å². The summed E-state index contributed by atoms with van der Waals surface area (Å²) in [4.78, 5) is 42.2. The second kappa shape index (κ2) is 10.9. The number of nitro benzene ring substituents is 4. The number of rotatable bonds is 7. The van der Waals surface area contributed by atoms with E-state index in [0.29, 0.717) is 0 Å². The van der Waals surface area contributed by atoms with Crippen molar-refractivity contribution in [3.05, 3.63) is 119 Å². The molecule has 2 aromatic carbocycles. The monoisotopic (exact) mass is 513 g/mol. The molecule has 0 atom stereocenters. The van der Waals surface area contributed by atoms with Crippen molar-refractivity contribution in [3.63, 3.8) is 0 Å². The molecule has 3 rings (SSSR count). The largest absolute Gasteiger partial charge is 0.673 e. The average Bonchev–Trinajstić information content (AvgIpc) is 2.78. The first-order valence-corrected chi connectivity index (χ1v) is 9.39. The van der Waals surface area contributed by atoms with Crippen LogP contribution in [0.15, 0.2) is 67.0 Å². The van der Waals surface area contributed by atoms with Crippen molar-refractivity contribution in [1.82, 2.24) is 0 Å². The Morgan fingerprint density at radius 3 is 1.31 bits per heavy atom. The lowest BCUT2D eigenvalue weighted by Crippen LogP contribution is -2.40. The Kier molecular flexibility index (Phi) is 8.27. The molecule has 0 spiro atoms. The number of non-ortho nitro benzene ring substituents is 2. The van der Waals surface area contributed by atoms with Crippen LogP contribution in [-0.4, -0.2) is 26.9 Å². The van der Waals surface area contributed by atoms with E-state index >= 15 is 0 Å². The van der Waals surface area contributed by atoms with Crippen molar-refractivity contribution < 1.29 is 41.5 Å². The molecule has 0 amide bonds. The molecule has 1 heterocycles. The zero-order chi connectivity index (χ0) is 27.2. The van der Waals surface area contributed by atoms with Crippen molar-refractivity contribution in [2.45, 2.75) is 6.04 Å². The topological polar surface area (TPSA) is 176 Å². The molecule has 0 unspecified atom stereocenters. The molecule has 13 nitrogen and oxygen atoms in total. The van der Waals surface area contributed by atoms with Crippen LogP contribution >= 0.6 is 0 Å². The number of hydrogen-bond acceptors (Lipinski definition) is 8. The fourth-order valence-corrected chi connectivity index (χ4v) is 3.14. The first-order valence-electron chi connectivity index (χ1n) is 9.39. The van der Waals surface area contributed by atoms with E-state index in [2.05, 4.69) is 0 Å². The fraction of sp³-hybridized carbons (Fsp3) is 0.0556. The average molecular weight is 513 g/mol. The van der Waals surface area contributed by atoms with Crippen LogP contribution in [-0.2, 0) is 0 Å². The molecule has 0 aliphatic heterocycles. The maximum Gasteiger partial charge on any atom is 0.673 e. The summed E-state index contributed by atoms with van der Waals surface area (Å²) in [6.07, 6.45) is 3.00. The minimum absolute atomic E-state index is 0.0660. The van der Waals surface area contributed by atoms with Crippen molar-refractivity contribution in [3.8, 4) is 0 Å². The Labute approximate surface area is 196 Å². The van der Waals surface area contributed by atoms with Crippen LogP contribution < -0.4 is 4.57 Å². The van der Waals surface area contributed by atoms with Gasteiger partial charge in [-0.05, 0) is 12.1 Å². The lowest BCUT2D eigenvalue weighted by atomic mass is 9.94. The molecule has 0 radical (unpaired) electrons. The Morgan fingerprint density at radius 2 is 1.00 bits per heavy atom. The van der Waals surface area contributed by atoms with Gasteiger partial charge < -0.3 is 17.3 Å². The number of halogens is 4. The van der Waals surface area contributed by atoms with Crippen molar-refractivity contribution in [2.75, 3.05) is 0 Å². The smallest absolute Gasteiger partial charge is 0.418 e. The van der Waals surface area contributed by atoms with Gasteiger partial charge in [0.05, 0.1) is 31.8 Å². The SMILES string of the molecule is F[B-](F)(F)F.O=[N+]([O-])c1ccc(C(c2ccc([N+](=O)[O-])cc2[N+](=O)[O-])[n+]2ccccc2)c([N+](=O)[O-])c1. The van der Waals surface area contributed by atoms with Crippen molar-refractivity contribution >= 4 is 30.0 Å². The van der Waals surface area contributed by atoms with Gasteiger partial charge in [0.2, 0.25) is 6.04 Å². The second-order valence-electron chi connectivity index (χ2n) is 6.73. The zero-order valence-electron chi connectivity index (χ0n) is 17.5. The van der Waals surface area contributed by atoms with Gasteiger partial charge in [0, 0.05) is 24.3 Å². The van der Waals surface area contributed by atoms with Gasteiger partial charge in [-0.25, -0.2) is 0 Å². The molecule has 0 N–H and O–H groups in total. The molecule has 0 aliphatic carbocycles. The van der Waals surface area contributed by atoms with Crippen LogP contribution in [0.4, 0.5) is 40.0 Å². The third kappa shape index (κ3) is 6.99. The maximum absolute atomic E-state index is 11.7. The first kappa shape index (κ1) is 27.2. The van der Waals surface area contributed by atoms with Gasteiger partial charge in [-0.1, -0.05) is 6.07 Å². The van der Waals surface area contributed by atoms with Crippen LogP contribution in [0.25, 0.3) is 0 Å². The number of hydrogen-bond donors (Lipinski definition) is 0. The summed E-state index contributed by atoms with van der Waals surface area (Å²) >= 11 is 0. The lowest BCUT2D eigenvalue weighted by Gasteiger charge is -2.14. The summed E-state index contributed by atoms with van der Waals surface area (Å²) in [5.74, 6) is 0. The Morgan fingerprint density at radius 1 is 0.639 bits per heavy atom. The molecular weight excluding hydrogens is 501 g/mol. The predicted molar refractivity (Wildman–Crippen MR) is 114 cm³/mol. The molecule has 188 valence electrons. The van der Waals surface area contributed by atoms with E-state index in [4.69, 9.17) is 0 Å². The highest BCUT2D eigenvalue weighted by molar-refractivity contribution is 6.50. The quantitative estimate of drug-likeness (QED) is 0.145. The maximum atomic E-state index is 11.7. The Bertz CT molecular complexity index is 1250. The van der Waals surface area contributed by atoms with Crippen LogP contribution in [0.5, 0.6) is 0 Å². The minimum atomic E-state index is -6.00. The van der Waals surface area contributed by atoms with Crippen LogP contribution in [0.1, 0.15) is 17.2 Å². The summed E-state index contributed by atoms with van der Waals surface area (Å²) in [6, 6.07) is 9.59. The molecule has 18 heteroatoms. The molecule has 0 fully saturated rings. The second-order valence-corrected chi connectivity index (χ2v) is 6.73. The molecule has 1 aromatic heterocycles. The van der Waals surface area contributed by atoms with Crippen LogP contribution in [0, 0.1) is 40.5 Å². The lowest BCUT2D eigenvalue weighted by molar-refractivity contribution is -0.705. The molecule has 0 aliphatic rings. The minimum Gasteiger partial charge on any atom is -0.418 e. The standard InChI is InChI=1S/C18H12N5O8.BF4/c24-20(25)12-4-6-14(16(10-12)22(28)29)18(19-8-2-1-3-9-19)15-7-5-13(21(26)27)11-17(15)23(30)31;2-1(3,4)5/h1-11,18H;/q+1;-1. The molecule has 0 bridgehead atoms. The van der Waals surface area contributed by atoms with E-state index in [1.807, 2.05) is 0 Å². The van der Waals surface area contributed by atoms with Crippen molar-refractivity contribution in [2.24, 2.45) is 0 Å². The number of nitro groups is 4. The third-order valence-electron chi connectivity index (χ3n) is 4.47. The third-order valence-corrected chi connectivity index (χ3v) is 4.47. The summed E-state index contributed by atoms with van der Waals surface area (Å²) < 4.78 is 40.4. The van der Waals surface area contributed by atoms with E-state index in [-0.39, 0.29) is 11.1 Å². The molecule has 0 saturated carbocycles. The van der Waals surface area contributed by atoms with Gasteiger partial charge in [-0.15, -0.1) is 0 Å². The number of nitrogens with zero attached hydrogens (tertiary/aromatic N) is 5. The summed E-state index contributed by atoms with van der Waals surface area (Å²) in [5, 5.41) is 45.5. The van der Waals surface area contributed by atoms with Gasteiger partial charge in [0.1, 0.15) is 11.1 Å². The summed E-state index contributed by atoms with van der Waals surface area (Å²) in [6.45, 7) is 0. The fourth-order valence-electron chi connectivity index (χ4n) is 3.14. The van der Waals surface area contributed by atoms with E-state index in [9.17, 15) is 57.7 Å². The highest BCUT2D eigenvalue weighted by Crippen LogP contribution is 2.37. The van der Waals surface area contributed by atoms with E-state index in [1.165, 1.54) is 17.0 Å². The number of pyridine rings is 1. The van der Waals surface area contributed by atoms with Gasteiger partial charge in [-0.3, -0.25) is 40.5 Å². The Balaban J connectivity index is 0.000000830.